The third-order valence-corrected chi connectivity index (χ3v) is 4.84. The van der Waals surface area contributed by atoms with Crippen molar-refractivity contribution in [2.45, 2.75) is 70.3 Å². The summed E-state index contributed by atoms with van der Waals surface area (Å²) in [6.07, 6.45) is 13.6. The second kappa shape index (κ2) is 6.56. The SMILES string of the molecule is c1cc2c(cc1CCCNC1CCCC1)CCCC2. The van der Waals surface area contributed by atoms with Crippen molar-refractivity contribution in [3.8, 4) is 0 Å². The van der Waals surface area contributed by atoms with Gasteiger partial charge in [0.05, 0.1) is 0 Å². The molecule has 0 atom stereocenters. The van der Waals surface area contributed by atoms with Gasteiger partial charge < -0.3 is 5.32 Å². The van der Waals surface area contributed by atoms with E-state index in [-0.39, 0.29) is 0 Å². The number of benzene rings is 1. The Morgan fingerprint density at radius 3 is 2.58 bits per heavy atom. The summed E-state index contributed by atoms with van der Waals surface area (Å²) in [5, 5.41) is 3.71. The standard InChI is InChI=1S/C18H27N/c1-2-8-17-14-15(11-12-16(17)7-1)6-5-13-19-18-9-3-4-10-18/h11-12,14,18-19H,1-10,13H2. The van der Waals surface area contributed by atoms with Crippen LogP contribution in [-0.4, -0.2) is 12.6 Å². The van der Waals surface area contributed by atoms with Gasteiger partial charge >= 0.3 is 0 Å². The minimum atomic E-state index is 0.823. The average molecular weight is 257 g/mol. The molecule has 0 heterocycles. The molecule has 1 aromatic carbocycles. The molecule has 1 nitrogen and oxygen atoms in total. The van der Waals surface area contributed by atoms with Crippen molar-refractivity contribution in [1.82, 2.24) is 5.32 Å². The molecule has 0 spiro atoms. The van der Waals surface area contributed by atoms with Gasteiger partial charge in [0.25, 0.3) is 0 Å². The van der Waals surface area contributed by atoms with Crippen molar-refractivity contribution in [3.05, 3.63) is 34.9 Å². The van der Waals surface area contributed by atoms with Crippen LogP contribution >= 0.6 is 0 Å². The highest BCUT2D eigenvalue weighted by atomic mass is 14.9. The maximum Gasteiger partial charge on any atom is 0.00670 e. The molecule has 0 saturated heterocycles. The first kappa shape index (κ1) is 13.2. The van der Waals surface area contributed by atoms with Gasteiger partial charge in [-0.1, -0.05) is 31.0 Å². The smallest absolute Gasteiger partial charge is 0.00670 e. The molecule has 0 amide bonds. The summed E-state index contributed by atoms with van der Waals surface area (Å²) in [6, 6.07) is 8.04. The number of fused-ring (bicyclic) bond motifs is 1. The molecular formula is C18H27N. The number of rotatable bonds is 5. The fraction of sp³-hybridized carbons (Fsp3) is 0.667. The number of aryl methyl sites for hydroxylation is 3. The molecule has 1 heteroatoms. The van der Waals surface area contributed by atoms with Gasteiger partial charge in [0.2, 0.25) is 0 Å². The van der Waals surface area contributed by atoms with E-state index >= 15 is 0 Å². The van der Waals surface area contributed by atoms with Crippen LogP contribution in [0.4, 0.5) is 0 Å². The van der Waals surface area contributed by atoms with Crippen molar-refractivity contribution in [2.75, 3.05) is 6.54 Å². The molecular weight excluding hydrogens is 230 g/mol. The molecule has 0 aliphatic heterocycles. The Balaban J connectivity index is 1.44. The first-order valence-corrected chi connectivity index (χ1v) is 8.26. The maximum atomic E-state index is 3.71. The lowest BCUT2D eigenvalue weighted by molar-refractivity contribution is 0.515. The molecule has 2 aliphatic rings. The molecule has 3 rings (SSSR count). The van der Waals surface area contributed by atoms with Crippen molar-refractivity contribution in [3.63, 3.8) is 0 Å². The Labute approximate surface area is 117 Å². The Bertz CT molecular complexity index is 404. The van der Waals surface area contributed by atoms with E-state index in [1.54, 1.807) is 16.7 Å². The molecule has 2 aliphatic carbocycles. The molecule has 0 bridgehead atoms. The van der Waals surface area contributed by atoms with Crippen LogP contribution in [0.3, 0.4) is 0 Å². The van der Waals surface area contributed by atoms with Gasteiger partial charge in [0.15, 0.2) is 0 Å². The molecule has 1 saturated carbocycles. The third-order valence-electron chi connectivity index (χ3n) is 4.84. The summed E-state index contributed by atoms with van der Waals surface area (Å²) >= 11 is 0. The minimum absolute atomic E-state index is 0.823. The van der Waals surface area contributed by atoms with E-state index in [9.17, 15) is 0 Å². The Kier molecular flexibility index (Phi) is 4.55. The minimum Gasteiger partial charge on any atom is -0.314 e. The van der Waals surface area contributed by atoms with Crippen molar-refractivity contribution < 1.29 is 0 Å². The van der Waals surface area contributed by atoms with E-state index in [0.717, 1.165) is 6.04 Å². The van der Waals surface area contributed by atoms with E-state index < -0.39 is 0 Å². The van der Waals surface area contributed by atoms with Gasteiger partial charge in [0, 0.05) is 6.04 Å². The zero-order valence-corrected chi connectivity index (χ0v) is 12.1. The summed E-state index contributed by atoms with van der Waals surface area (Å²) in [6.45, 7) is 1.20. The van der Waals surface area contributed by atoms with Crippen molar-refractivity contribution in [1.29, 1.82) is 0 Å². The maximum absolute atomic E-state index is 3.71. The van der Waals surface area contributed by atoms with Crippen LogP contribution in [0.25, 0.3) is 0 Å². The highest BCUT2D eigenvalue weighted by Crippen LogP contribution is 2.22. The summed E-state index contributed by atoms with van der Waals surface area (Å²) < 4.78 is 0. The van der Waals surface area contributed by atoms with Crippen molar-refractivity contribution >= 4 is 0 Å². The lowest BCUT2D eigenvalue weighted by atomic mass is 9.90. The van der Waals surface area contributed by atoms with Gasteiger partial charge in [-0.25, -0.2) is 0 Å². The van der Waals surface area contributed by atoms with Gasteiger partial charge in [-0.05, 0) is 74.6 Å². The Morgan fingerprint density at radius 2 is 1.74 bits per heavy atom. The fourth-order valence-corrected chi connectivity index (χ4v) is 3.67. The first-order chi connectivity index (χ1) is 9.42. The number of hydrogen-bond acceptors (Lipinski definition) is 1. The predicted octanol–water partition coefficient (Wildman–Crippen LogP) is 4.03. The number of nitrogens with one attached hydrogen (secondary N) is 1. The van der Waals surface area contributed by atoms with Crippen LogP contribution in [0.15, 0.2) is 18.2 Å². The van der Waals surface area contributed by atoms with Gasteiger partial charge in [-0.2, -0.15) is 0 Å². The van der Waals surface area contributed by atoms with E-state index in [0.29, 0.717) is 0 Å². The molecule has 1 fully saturated rings. The highest BCUT2D eigenvalue weighted by molar-refractivity contribution is 5.33. The van der Waals surface area contributed by atoms with E-state index in [2.05, 4.69) is 23.5 Å². The quantitative estimate of drug-likeness (QED) is 0.785. The average Bonchev–Trinajstić information content (AvgIpc) is 2.97. The van der Waals surface area contributed by atoms with Gasteiger partial charge in [0.1, 0.15) is 0 Å². The van der Waals surface area contributed by atoms with E-state index in [1.165, 1.54) is 70.8 Å². The largest absolute Gasteiger partial charge is 0.314 e. The second-order valence-electron chi connectivity index (χ2n) is 6.35. The molecule has 0 unspecified atom stereocenters. The first-order valence-electron chi connectivity index (χ1n) is 8.26. The fourth-order valence-electron chi connectivity index (χ4n) is 3.67. The molecule has 1 N–H and O–H groups in total. The molecule has 1 aromatic rings. The Hall–Kier alpha value is -0.820. The summed E-state index contributed by atoms with van der Waals surface area (Å²) in [5.41, 5.74) is 4.79. The third kappa shape index (κ3) is 3.60. The highest BCUT2D eigenvalue weighted by Gasteiger charge is 2.13. The molecule has 0 aromatic heterocycles. The van der Waals surface area contributed by atoms with E-state index in [4.69, 9.17) is 0 Å². The summed E-state index contributed by atoms with van der Waals surface area (Å²) in [4.78, 5) is 0. The van der Waals surface area contributed by atoms with Gasteiger partial charge in [-0.15, -0.1) is 0 Å². The summed E-state index contributed by atoms with van der Waals surface area (Å²) in [5.74, 6) is 0. The van der Waals surface area contributed by atoms with Crippen LogP contribution in [0.1, 0.15) is 61.6 Å². The topological polar surface area (TPSA) is 12.0 Å². The molecule has 0 radical (unpaired) electrons. The van der Waals surface area contributed by atoms with Gasteiger partial charge in [-0.3, -0.25) is 0 Å². The normalized spacial score (nSPS) is 19.6. The molecule has 19 heavy (non-hydrogen) atoms. The van der Waals surface area contributed by atoms with Crippen LogP contribution < -0.4 is 5.32 Å². The zero-order chi connectivity index (χ0) is 12.9. The second-order valence-corrected chi connectivity index (χ2v) is 6.35. The number of hydrogen-bond donors (Lipinski definition) is 1. The van der Waals surface area contributed by atoms with Crippen LogP contribution in [0.5, 0.6) is 0 Å². The lowest BCUT2D eigenvalue weighted by Crippen LogP contribution is -2.27. The predicted molar refractivity (Wildman–Crippen MR) is 81.7 cm³/mol. The monoisotopic (exact) mass is 257 g/mol. The van der Waals surface area contributed by atoms with Crippen LogP contribution in [0, 0.1) is 0 Å². The molecule has 104 valence electrons. The van der Waals surface area contributed by atoms with Crippen LogP contribution in [-0.2, 0) is 19.3 Å². The van der Waals surface area contributed by atoms with Crippen molar-refractivity contribution in [2.24, 2.45) is 0 Å². The van der Waals surface area contributed by atoms with E-state index in [1.807, 2.05) is 0 Å². The zero-order valence-electron chi connectivity index (χ0n) is 12.1. The lowest BCUT2D eigenvalue weighted by Gasteiger charge is -2.17. The Morgan fingerprint density at radius 1 is 0.947 bits per heavy atom. The van der Waals surface area contributed by atoms with Crippen LogP contribution in [0.2, 0.25) is 0 Å². The summed E-state index contributed by atoms with van der Waals surface area (Å²) in [7, 11) is 0.